The molecule has 2 nitrogen and oxygen atoms in total. The molecular weight excluding hydrogens is 404 g/mol. The molecule has 0 fully saturated rings. The van der Waals surface area contributed by atoms with Gasteiger partial charge in [-0.05, 0) is 35.5 Å². The number of hydrogen-bond donors (Lipinski definition) is 0. The fourth-order valence-electron chi connectivity index (χ4n) is 4.23. The lowest BCUT2D eigenvalue weighted by atomic mass is 9.78. The molecule has 0 saturated heterocycles. The van der Waals surface area contributed by atoms with Gasteiger partial charge in [0.25, 0.3) is 0 Å². The Morgan fingerprint density at radius 3 is 0.848 bits per heavy atom. The van der Waals surface area contributed by atoms with E-state index in [1.807, 2.05) is 0 Å². The molecule has 0 aliphatic heterocycles. The normalized spacial score (nSPS) is 13.3. The van der Waals surface area contributed by atoms with Gasteiger partial charge in [0.2, 0.25) is 6.79 Å². The molecule has 0 saturated carbocycles. The van der Waals surface area contributed by atoms with Crippen LogP contribution in [-0.4, -0.2) is 6.79 Å². The van der Waals surface area contributed by atoms with Crippen molar-refractivity contribution in [2.45, 2.75) is 119 Å². The molecule has 0 N–H and O–H groups in total. The fourth-order valence-corrected chi connectivity index (χ4v) is 4.23. The second kappa shape index (κ2) is 9.01. The number of benzene rings is 2. The van der Waals surface area contributed by atoms with Gasteiger partial charge in [-0.3, -0.25) is 0 Å². The van der Waals surface area contributed by atoms with Crippen molar-refractivity contribution in [3.63, 3.8) is 0 Å². The van der Waals surface area contributed by atoms with Crippen LogP contribution in [-0.2, 0) is 21.7 Å². The van der Waals surface area contributed by atoms with Crippen LogP contribution >= 0.6 is 0 Å². The van der Waals surface area contributed by atoms with Crippen molar-refractivity contribution < 1.29 is 9.47 Å². The minimum Gasteiger partial charge on any atom is -0.457 e. The third kappa shape index (κ3) is 6.55. The summed E-state index contributed by atoms with van der Waals surface area (Å²) in [5.74, 6) is 1.92. The van der Waals surface area contributed by atoms with Gasteiger partial charge < -0.3 is 9.47 Å². The van der Waals surface area contributed by atoms with E-state index in [-0.39, 0.29) is 28.5 Å². The van der Waals surface area contributed by atoms with E-state index in [2.05, 4.69) is 121 Å². The summed E-state index contributed by atoms with van der Waals surface area (Å²) in [7, 11) is 0. The molecule has 184 valence electrons. The van der Waals surface area contributed by atoms with Crippen LogP contribution in [0.3, 0.4) is 0 Å². The van der Waals surface area contributed by atoms with Crippen LogP contribution in [0, 0.1) is 13.8 Å². The Morgan fingerprint density at radius 2 is 0.667 bits per heavy atom. The smallest absolute Gasteiger partial charge is 0.230 e. The molecule has 0 aliphatic rings. The van der Waals surface area contributed by atoms with Crippen LogP contribution in [0.1, 0.15) is 116 Å². The summed E-state index contributed by atoms with van der Waals surface area (Å²) in [6, 6.07) is 9.05. The molecule has 33 heavy (non-hydrogen) atoms. The average Bonchev–Trinajstić information content (AvgIpc) is 2.59. The summed E-state index contributed by atoms with van der Waals surface area (Å²) in [5.41, 5.74) is 7.33. The van der Waals surface area contributed by atoms with Crippen LogP contribution in [0.4, 0.5) is 0 Å². The molecule has 0 unspecified atom stereocenters. The first kappa shape index (κ1) is 27.3. The first-order valence-electron chi connectivity index (χ1n) is 12.3. The van der Waals surface area contributed by atoms with Crippen molar-refractivity contribution in [1.82, 2.24) is 0 Å². The minimum atomic E-state index is -0.0294. The van der Waals surface area contributed by atoms with Gasteiger partial charge in [0.05, 0.1) is 0 Å². The van der Waals surface area contributed by atoms with Gasteiger partial charge >= 0.3 is 0 Å². The Kier molecular flexibility index (Phi) is 7.45. The van der Waals surface area contributed by atoms with Gasteiger partial charge in [0, 0.05) is 22.3 Å². The Labute approximate surface area is 204 Å². The van der Waals surface area contributed by atoms with Crippen molar-refractivity contribution in [2.24, 2.45) is 0 Å². The molecular formula is C31H48O2. The highest BCUT2D eigenvalue weighted by atomic mass is 16.7. The maximum atomic E-state index is 6.52. The Balaban J connectivity index is 2.56. The maximum absolute atomic E-state index is 6.52. The van der Waals surface area contributed by atoms with Crippen molar-refractivity contribution >= 4 is 0 Å². The quantitative estimate of drug-likeness (QED) is 0.431. The number of aryl methyl sites for hydroxylation is 2. The lowest BCUT2D eigenvalue weighted by molar-refractivity contribution is 0.111. The van der Waals surface area contributed by atoms with Gasteiger partial charge in [0.15, 0.2) is 0 Å². The molecule has 0 bridgehead atoms. The van der Waals surface area contributed by atoms with E-state index in [0.29, 0.717) is 0 Å². The van der Waals surface area contributed by atoms with Crippen LogP contribution in [0.25, 0.3) is 0 Å². The van der Waals surface area contributed by atoms with Crippen molar-refractivity contribution in [1.29, 1.82) is 0 Å². The van der Waals surface area contributed by atoms with Crippen LogP contribution < -0.4 is 9.47 Å². The summed E-state index contributed by atoms with van der Waals surface area (Å²) < 4.78 is 13.0. The highest BCUT2D eigenvalue weighted by Gasteiger charge is 2.30. The maximum Gasteiger partial charge on any atom is 0.230 e. The van der Waals surface area contributed by atoms with Gasteiger partial charge in [-0.25, -0.2) is 0 Å². The third-order valence-electron chi connectivity index (χ3n) is 6.11. The van der Waals surface area contributed by atoms with Crippen LogP contribution in [0.15, 0.2) is 24.3 Å². The lowest BCUT2D eigenvalue weighted by Crippen LogP contribution is -2.23. The largest absolute Gasteiger partial charge is 0.457 e. The molecule has 0 heterocycles. The van der Waals surface area contributed by atoms with Gasteiger partial charge in [0.1, 0.15) is 11.5 Å². The fraction of sp³-hybridized carbons (Fsp3) is 0.613. The average molecular weight is 453 g/mol. The second-order valence-corrected chi connectivity index (χ2v) is 13.8. The van der Waals surface area contributed by atoms with E-state index in [1.165, 1.54) is 33.4 Å². The predicted molar refractivity (Wildman–Crippen MR) is 143 cm³/mol. The molecule has 2 aromatic rings. The van der Waals surface area contributed by atoms with E-state index >= 15 is 0 Å². The zero-order valence-corrected chi connectivity index (χ0v) is 23.8. The molecule has 0 spiro atoms. The van der Waals surface area contributed by atoms with E-state index in [1.54, 1.807) is 0 Å². The topological polar surface area (TPSA) is 18.5 Å². The standard InChI is InChI=1S/C31H48O2/c1-20-15-22(28(3,4)5)26(23(16-20)29(6,7)8)32-19-33-27-24(30(9,10)11)17-21(2)18-25(27)31(12,13)14/h15-18H,19H2,1-14H3. The highest BCUT2D eigenvalue weighted by molar-refractivity contribution is 5.52. The second-order valence-electron chi connectivity index (χ2n) is 13.8. The SMILES string of the molecule is Cc1cc(C(C)(C)C)c(OCOc2c(C(C)(C)C)cc(C)cc2C(C)(C)C)c(C(C)(C)C)c1. The first-order valence-corrected chi connectivity index (χ1v) is 12.3. The van der Waals surface area contributed by atoms with Crippen LogP contribution in [0.2, 0.25) is 0 Å². The summed E-state index contributed by atoms with van der Waals surface area (Å²) in [4.78, 5) is 0. The summed E-state index contributed by atoms with van der Waals surface area (Å²) in [6.45, 7) is 31.5. The molecule has 0 aliphatic carbocycles. The predicted octanol–water partition coefficient (Wildman–Crippen LogP) is 8.91. The van der Waals surface area contributed by atoms with Crippen molar-refractivity contribution in [2.75, 3.05) is 6.79 Å². The molecule has 0 amide bonds. The Morgan fingerprint density at radius 1 is 0.455 bits per heavy atom. The van der Waals surface area contributed by atoms with Crippen molar-refractivity contribution in [3.8, 4) is 11.5 Å². The van der Waals surface area contributed by atoms with Gasteiger partial charge in [-0.15, -0.1) is 0 Å². The van der Waals surface area contributed by atoms with Gasteiger partial charge in [-0.2, -0.15) is 0 Å². The number of rotatable bonds is 4. The van der Waals surface area contributed by atoms with E-state index in [9.17, 15) is 0 Å². The molecule has 2 rings (SSSR count). The summed E-state index contributed by atoms with van der Waals surface area (Å²) >= 11 is 0. The Hall–Kier alpha value is -1.96. The van der Waals surface area contributed by atoms with Crippen LogP contribution in [0.5, 0.6) is 11.5 Å². The van der Waals surface area contributed by atoms with E-state index in [0.717, 1.165) is 11.5 Å². The molecule has 2 aromatic carbocycles. The molecule has 0 radical (unpaired) electrons. The zero-order valence-electron chi connectivity index (χ0n) is 23.8. The molecule has 2 heteroatoms. The molecule has 0 aromatic heterocycles. The first-order chi connectivity index (χ1) is 14.7. The number of ether oxygens (including phenoxy) is 2. The summed E-state index contributed by atoms with van der Waals surface area (Å²) in [5, 5.41) is 0. The third-order valence-corrected chi connectivity index (χ3v) is 6.11. The monoisotopic (exact) mass is 452 g/mol. The minimum absolute atomic E-state index is 0.0294. The Bertz CT molecular complexity index is 832. The van der Waals surface area contributed by atoms with E-state index < -0.39 is 0 Å². The van der Waals surface area contributed by atoms with Crippen molar-refractivity contribution in [3.05, 3.63) is 57.6 Å². The number of hydrogen-bond acceptors (Lipinski definition) is 2. The lowest BCUT2D eigenvalue weighted by Gasteiger charge is -2.32. The highest BCUT2D eigenvalue weighted by Crippen LogP contribution is 2.43. The van der Waals surface area contributed by atoms with Gasteiger partial charge in [-0.1, -0.05) is 118 Å². The molecule has 0 atom stereocenters. The zero-order chi connectivity index (χ0) is 25.6. The summed E-state index contributed by atoms with van der Waals surface area (Å²) in [6.07, 6.45) is 0. The van der Waals surface area contributed by atoms with E-state index in [4.69, 9.17) is 9.47 Å².